The molecule has 2 N–H and O–H groups in total. The van der Waals surface area contributed by atoms with Crippen molar-refractivity contribution < 1.29 is 4.74 Å². The van der Waals surface area contributed by atoms with Crippen molar-refractivity contribution in [2.45, 2.75) is 32.3 Å². The van der Waals surface area contributed by atoms with E-state index in [4.69, 9.17) is 10.5 Å². The van der Waals surface area contributed by atoms with E-state index in [0.29, 0.717) is 6.54 Å². The summed E-state index contributed by atoms with van der Waals surface area (Å²) in [7, 11) is 0. The van der Waals surface area contributed by atoms with Crippen LogP contribution in [0.2, 0.25) is 0 Å². The van der Waals surface area contributed by atoms with Gasteiger partial charge in [-0.05, 0) is 18.1 Å². The number of ether oxygens (including phenoxy) is 1. The third-order valence-electron chi connectivity index (χ3n) is 2.53. The van der Waals surface area contributed by atoms with Crippen LogP contribution in [-0.2, 0) is 4.74 Å². The van der Waals surface area contributed by atoms with Gasteiger partial charge >= 0.3 is 0 Å². The highest BCUT2D eigenvalue weighted by Crippen LogP contribution is 2.25. The molecule has 0 saturated heterocycles. The van der Waals surface area contributed by atoms with Crippen LogP contribution in [0, 0.1) is 0 Å². The fourth-order valence-corrected chi connectivity index (χ4v) is 2.14. The van der Waals surface area contributed by atoms with Crippen LogP contribution < -0.4 is 5.73 Å². The summed E-state index contributed by atoms with van der Waals surface area (Å²) in [4.78, 5) is 0. The molecule has 0 fully saturated rings. The lowest BCUT2D eigenvalue weighted by Crippen LogP contribution is -2.16. The van der Waals surface area contributed by atoms with Crippen LogP contribution in [0.5, 0.6) is 0 Å². The molecule has 0 aliphatic heterocycles. The molecule has 0 saturated carbocycles. The zero-order valence-electron chi connectivity index (χ0n) is 9.79. The maximum absolute atomic E-state index is 5.81. The van der Waals surface area contributed by atoms with E-state index in [9.17, 15) is 0 Å². The molecular weight excluding hydrogens is 266 g/mol. The van der Waals surface area contributed by atoms with E-state index in [-0.39, 0.29) is 6.10 Å². The fourth-order valence-electron chi connectivity index (χ4n) is 1.60. The molecule has 1 unspecified atom stereocenters. The van der Waals surface area contributed by atoms with Crippen LogP contribution in [0.1, 0.15) is 37.9 Å². The first kappa shape index (κ1) is 13.7. The van der Waals surface area contributed by atoms with Crippen LogP contribution in [0.4, 0.5) is 0 Å². The SMILES string of the molecule is CCCCCOC(CN)c1ccccc1Br. The minimum atomic E-state index is 0.00688. The minimum Gasteiger partial charge on any atom is -0.372 e. The second kappa shape index (κ2) is 7.82. The Bertz CT molecular complexity index is 304. The largest absolute Gasteiger partial charge is 0.372 e. The zero-order valence-corrected chi connectivity index (χ0v) is 11.4. The van der Waals surface area contributed by atoms with Gasteiger partial charge in [-0.1, -0.05) is 53.9 Å². The number of nitrogens with two attached hydrogens (primary N) is 1. The average molecular weight is 286 g/mol. The van der Waals surface area contributed by atoms with Crippen molar-refractivity contribution in [2.24, 2.45) is 5.73 Å². The summed E-state index contributed by atoms with van der Waals surface area (Å²) in [6.45, 7) is 3.50. The fraction of sp³-hybridized carbons (Fsp3) is 0.538. The lowest BCUT2D eigenvalue weighted by atomic mass is 10.1. The van der Waals surface area contributed by atoms with Gasteiger partial charge in [-0.15, -0.1) is 0 Å². The van der Waals surface area contributed by atoms with Gasteiger partial charge < -0.3 is 10.5 Å². The van der Waals surface area contributed by atoms with Gasteiger partial charge in [0.05, 0.1) is 6.10 Å². The molecule has 0 aromatic heterocycles. The molecule has 90 valence electrons. The van der Waals surface area contributed by atoms with E-state index in [1.54, 1.807) is 0 Å². The molecule has 0 radical (unpaired) electrons. The molecule has 16 heavy (non-hydrogen) atoms. The Hall–Kier alpha value is -0.380. The Morgan fingerprint density at radius 3 is 2.69 bits per heavy atom. The van der Waals surface area contributed by atoms with Gasteiger partial charge in [0.1, 0.15) is 0 Å². The second-order valence-corrected chi connectivity index (χ2v) is 4.68. The average Bonchev–Trinajstić information content (AvgIpc) is 2.31. The summed E-state index contributed by atoms with van der Waals surface area (Å²) < 4.78 is 6.88. The summed E-state index contributed by atoms with van der Waals surface area (Å²) in [6.07, 6.45) is 3.54. The van der Waals surface area contributed by atoms with Crippen molar-refractivity contribution in [3.8, 4) is 0 Å². The third-order valence-corrected chi connectivity index (χ3v) is 3.26. The molecule has 0 aliphatic carbocycles. The first-order valence-electron chi connectivity index (χ1n) is 5.85. The quantitative estimate of drug-likeness (QED) is 0.776. The minimum absolute atomic E-state index is 0.00688. The van der Waals surface area contributed by atoms with Crippen LogP contribution in [0.15, 0.2) is 28.7 Å². The van der Waals surface area contributed by atoms with E-state index in [0.717, 1.165) is 23.1 Å². The maximum Gasteiger partial charge on any atom is 0.0957 e. The van der Waals surface area contributed by atoms with Crippen molar-refractivity contribution >= 4 is 15.9 Å². The molecule has 1 atom stereocenters. The molecule has 0 spiro atoms. The van der Waals surface area contributed by atoms with Gasteiger partial charge in [0.2, 0.25) is 0 Å². The number of benzene rings is 1. The van der Waals surface area contributed by atoms with E-state index in [1.165, 1.54) is 12.8 Å². The molecule has 1 aromatic rings. The Labute approximate surface area is 106 Å². The molecular formula is C13H20BrNO. The van der Waals surface area contributed by atoms with Crippen molar-refractivity contribution in [1.29, 1.82) is 0 Å². The summed E-state index contributed by atoms with van der Waals surface area (Å²) in [5.74, 6) is 0. The highest BCUT2D eigenvalue weighted by atomic mass is 79.9. The number of unbranched alkanes of at least 4 members (excludes halogenated alkanes) is 2. The van der Waals surface area contributed by atoms with Crippen LogP contribution >= 0.6 is 15.9 Å². The second-order valence-electron chi connectivity index (χ2n) is 3.82. The van der Waals surface area contributed by atoms with Crippen LogP contribution in [0.25, 0.3) is 0 Å². The topological polar surface area (TPSA) is 35.2 Å². The van der Waals surface area contributed by atoms with Crippen LogP contribution in [0.3, 0.4) is 0 Å². The van der Waals surface area contributed by atoms with Gasteiger partial charge in [-0.3, -0.25) is 0 Å². The van der Waals surface area contributed by atoms with Crippen molar-refractivity contribution in [3.63, 3.8) is 0 Å². The van der Waals surface area contributed by atoms with E-state index >= 15 is 0 Å². The smallest absolute Gasteiger partial charge is 0.0957 e. The van der Waals surface area contributed by atoms with Crippen molar-refractivity contribution in [3.05, 3.63) is 34.3 Å². The summed E-state index contributed by atoms with van der Waals surface area (Å²) in [5, 5.41) is 0. The number of rotatable bonds is 7. The van der Waals surface area contributed by atoms with Gasteiger partial charge in [0.25, 0.3) is 0 Å². The molecule has 3 heteroatoms. The zero-order chi connectivity index (χ0) is 11.8. The van der Waals surface area contributed by atoms with Crippen molar-refractivity contribution in [1.82, 2.24) is 0 Å². The lowest BCUT2D eigenvalue weighted by Gasteiger charge is -2.17. The Balaban J connectivity index is 2.51. The molecule has 2 nitrogen and oxygen atoms in total. The highest BCUT2D eigenvalue weighted by Gasteiger charge is 2.12. The molecule has 0 heterocycles. The molecule has 0 aliphatic rings. The van der Waals surface area contributed by atoms with E-state index in [2.05, 4.69) is 28.9 Å². The van der Waals surface area contributed by atoms with Gasteiger partial charge in [0, 0.05) is 17.6 Å². The maximum atomic E-state index is 5.81. The summed E-state index contributed by atoms with van der Waals surface area (Å²) in [6, 6.07) is 8.09. The van der Waals surface area contributed by atoms with Gasteiger partial charge in [0.15, 0.2) is 0 Å². The third kappa shape index (κ3) is 4.24. The Kier molecular flexibility index (Phi) is 6.69. The van der Waals surface area contributed by atoms with Crippen molar-refractivity contribution in [2.75, 3.05) is 13.2 Å². The number of hydrogen-bond donors (Lipinski definition) is 1. The van der Waals surface area contributed by atoms with Gasteiger partial charge in [-0.2, -0.15) is 0 Å². The molecule has 1 aromatic carbocycles. The normalized spacial score (nSPS) is 12.7. The first-order chi connectivity index (χ1) is 7.79. The monoisotopic (exact) mass is 285 g/mol. The molecule has 1 rings (SSSR count). The number of halogens is 1. The summed E-state index contributed by atoms with van der Waals surface area (Å²) in [5.41, 5.74) is 6.88. The van der Waals surface area contributed by atoms with E-state index < -0.39 is 0 Å². The standard InChI is InChI=1S/C13H20BrNO/c1-2-3-6-9-16-13(10-15)11-7-4-5-8-12(11)14/h4-5,7-8,13H,2-3,6,9-10,15H2,1H3. The number of hydrogen-bond acceptors (Lipinski definition) is 2. The molecule has 0 amide bonds. The Morgan fingerprint density at radius 2 is 2.06 bits per heavy atom. The van der Waals surface area contributed by atoms with E-state index in [1.807, 2.05) is 18.2 Å². The van der Waals surface area contributed by atoms with Crippen LogP contribution in [-0.4, -0.2) is 13.2 Å². The predicted molar refractivity (Wildman–Crippen MR) is 71.4 cm³/mol. The lowest BCUT2D eigenvalue weighted by molar-refractivity contribution is 0.0555. The highest BCUT2D eigenvalue weighted by molar-refractivity contribution is 9.10. The Morgan fingerprint density at radius 1 is 1.31 bits per heavy atom. The first-order valence-corrected chi connectivity index (χ1v) is 6.65. The summed E-state index contributed by atoms with van der Waals surface area (Å²) >= 11 is 3.52. The van der Waals surface area contributed by atoms with Gasteiger partial charge in [-0.25, -0.2) is 0 Å². The molecule has 0 bridgehead atoms. The predicted octanol–water partition coefficient (Wildman–Crippen LogP) is 3.66.